The van der Waals surface area contributed by atoms with Crippen LogP contribution in [0.3, 0.4) is 0 Å². The molecule has 74 valence electrons. The molecule has 3 nitrogen and oxygen atoms in total. The first-order valence-corrected chi connectivity index (χ1v) is 4.75. The Morgan fingerprint density at radius 3 is 3.00 bits per heavy atom. The third-order valence-electron chi connectivity index (χ3n) is 2.46. The molecule has 0 saturated heterocycles. The van der Waals surface area contributed by atoms with Crippen molar-refractivity contribution in [2.24, 2.45) is 5.73 Å². The number of aromatic amines is 1. The predicted molar refractivity (Wildman–Crippen MR) is 56.9 cm³/mol. The van der Waals surface area contributed by atoms with E-state index in [4.69, 9.17) is 10.8 Å². The first-order chi connectivity index (χ1) is 6.83. The quantitative estimate of drug-likeness (QED) is 0.687. The highest BCUT2D eigenvalue weighted by atomic mass is 16.3. The molecule has 1 aromatic carbocycles. The number of para-hydroxylation sites is 1. The number of nitrogens with two attached hydrogens (primary N) is 1. The summed E-state index contributed by atoms with van der Waals surface area (Å²) in [5.74, 6) is 0. The summed E-state index contributed by atoms with van der Waals surface area (Å²) in [7, 11) is 0. The van der Waals surface area contributed by atoms with Crippen LogP contribution in [-0.2, 0) is 0 Å². The second-order valence-corrected chi connectivity index (χ2v) is 3.41. The van der Waals surface area contributed by atoms with Gasteiger partial charge in [-0.25, -0.2) is 0 Å². The van der Waals surface area contributed by atoms with E-state index in [9.17, 15) is 0 Å². The number of hydrogen-bond donors (Lipinski definition) is 3. The minimum atomic E-state index is -0.0950. The normalized spacial score (nSPS) is 13.3. The standard InChI is InChI=1S/C11H14N2O/c12-10(5-7-14)9-3-1-2-8-4-6-13-11(8)9/h1-4,6,10,13-14H,5,7,12H2. The van der Waals surface area contributed by atoms with Crippen LogP contribution in [0.4, 0.5) is 0 Å². The Labute approximate surface area is 82.6 Å². The van der Waals surface area contributed by atoms with Crippen LogP contribution in [0.1, 0.15) is 18.0 Å². The molecule has 0 saturated carbocycles. The lowest BCUT2D eigenvalue weighted by molar-refractivity contribution is 0.277. The molecule has 0 spiro atoms. The number of fused-ring (bicyclic) bond motifs is 1. The molecule has 0 aliphatic rings. The van der Waals surface area contributed by atoms with E-state index in [2.05, 4.69) is 4.98 Å². The van der Waals surface area contributed by atoms with Gasteiger partial charge in [-0.05, 0) is 23.4 Å². The molecule has 2 aromatic rings. The Morgan fingerprint density at radius 2 is 2.21 bits per heavy atom. The molecule has 14 heavy (non-hydrogen) atoms. The van der Waals surface area contributed by atoms with Crippen molar-refractivity contribution in [1.82, 2.24) is 4.98 Å². The van der Waals surface area contributed by atoms with Crippen molar-refractivity contribution in [3.05, 3.63) is 36.0 Å². The summed E-state index contributed by atoms with van der Waals surface area (Å²) >= 11 is 0. The molecule has 0 aliphatic heterocycles. The lowest BCUT2D eigenvalue weighted by Crippen LogP contribution is -2.12. The highest BCUT2D eigenvalue weighted by Crippen LogP contribution is 2.23. The van der Waals surface area contributed by atoms with E-state index in [1.54, 1.807) is 0 Å². The molecule has 0 aliphatic carbocycles. The highest BCUT2D eigenvalue weighted by Gasteiger charge is 2.09. The molecule has 4 N–H and O–H groups in total. The van der Waals surface area contributed by atoms with Gasteiger partial charge in [0.15, 0.2) is 0 Å². The Balaban J connectivity index is 2.45. The van der Waals surface area contributed by atoms with Crippen LogP contribution in [0.15, 0.2) is 30.5 Å². The second kappa shape index (κ2) is 3.82. The molecule has 2 rings (SSSR count). The zero-order valence-corrected chi connectivity index (χ0v) is 7.90. The largest absolute Gasteiger partial charge is 0.396 e. The summed E-state index contributed by atoms with van der Waals surface area (Å²) in [6.45, 7) is 0.123. The zero-order valence-electron chi connectivity index (χ0n) is 7.90. The average molecular weight is 190 g/mol. The number of benzene rings is 1. The molecule has 0 amide bonds. The van der Waals surface area contributed by atoms with E-state index in [1.807, 2.05) is 30.5 Å². The van der Waals surface area contributed by atoms with Gasteiger partial charge >= 0.3 is 0 Å². The summed E-state index contributed by atoms with van der Waals surface area (Å²) in [6, 6.07) is 7.95. The maximum Gasteiger partial charge on any atom is 0.0502 e. The van der Waals surface area contributed by atoms with E-state index in [1.165, 1.54) is 0 Å². The van der Waals surface area contributed by atoms with E-state index in [0.717, 1.165) is 16.5 Å². The lowest BCUT2D eigenvalue weighted by atomic mass is 10.0. The minimum Gasteiger partial charge on any atom is -0.396 e. The lowest BCUT2D eigenvalue weighted by Gasteiger charge is -2.11. The van der Waals surface area contributed by atoms with Crippen molar-refractivity contribution in [1.29, 1.82) is 0 Å². The van der Waals surface area contributed by atoms with E-state index < -0.39 is 0 Å². The van der Waals surface area contributed by atoms with Gasteiger partial charge in [-0.1, -0.05) is 18.2 Å². The minimum absolute atomic E-state index is 0.0950. The smallest absolute Gasteiger partial charge is 0.0502 e. The fraction of sp³-hybridized carbons (Fsp3) is 0.273. The van der Waals surface area contributed by atoms with E-state index in [-0.39, 0.29) is 12.6 Å². The van der Waals surface area contributed by atoms with Gasteiger partial charge in [0, 0.05) is 18.8 Å². The first kappa shape index (κ1) is 9.24. The van der Waals surface area contributed by atoms with Crippen LogP contribution in [0.2, 0.25) is 0 Å². The third kappa shape index (κ3) is 1.52. The van der Waals surface area contributed by atoms with Gasteiger partial charge in [0.2, 0.25) is 0 Å². The molecular weight excluding hydrogens is 176 g/mol. The number of aromatic nitrogens is 1. The Bertz CT molecular complexity index is 422. The highest BCUT2D eigenvalue weighted by molar-refractivity contribution is 5.82. The molecule has 0 fully saturated rings. The molecule has 0 radical (unpaired) electrons. The van der Waals surface area contributed by atoms with Crippen molar-refractivity contribution in [3.8, 4) is 0 Å². The number of nitrogens with one attached hydrogen (secondary N) is 1. The molecule has 0 bridgehead atoms. The molecule has 1 atom stereocenters. The molecule has 1 aromatic heterocycles. The molecule has 1 heterocycles. The summed E-state index contributed by atoms with van der Waals surface area (Å²) in [6.07, 6.45) is 2.50. The maximum atomic E-state index is 8.83. The molecular formula is C11H14N2O. The Kier molecular flexibility index (Phi) is 2.52. The number of hydrogen-bond acceptors (Lipinski definition) is 2. The van der Waals surface area contributed by atoms with Crippen molar-refractivity contribution < 1.29 is 5.11 Å². The summed E-state index contributed by atoms with van der Waals surface area (Å²) < 4.78 is 0. The summed E-state index contributed by atoms with van der Waals surface area (Å²) in [4.78, 5) is 3.17. The van der Waals surface area contributed by atoms with Crippen LogP contribution >= 0.6 is 0 Å². The first-order valence-electron chi connectivity index (χ1n) is 4.75. The molecule has 1 unspecified atom stereocenters. The van der Waals surface area contributed by atoms with Gasteiger partial charge in [-0.15, -0.1) is 0 Å². The van der Waals surface area contributed by atoms with E-state index >= 15 is 0 Å². The van der Waals surface area contributed by atoms with Gasteiger partial charge < -0.3 is 15.8 Å². The zero-order chi connectivity index (χ0) is 9.97. The molecule has 3 heteroatoms. The van der Waals surface area contributed by atoms with E-state index in [0.29, 0.717) is 6.42 Å². The van der Waals surface area contributed by atoms with Crippen LogP contribution in [0.5, 0.6) is 0 Å². The van der Waals surface area contributed by atoms with Gasteiger partial charge in [0.1, 0.15) is 0 Å². The average Bonchev–Trinajstić information content (AvgIpc) is 2.65. The van der Waals surface area contributed by atoms with Crippen molar-refractivity contribution in [2.75, 3.05) is 6.61 Å². The third-order valence-corrected chi connectivity index (χ3v) is 2.46. The Morgan fingerprint density at radius 1 is 1.36 bits per heavy atom. The summed E-state index contributed by atoms with van der Waals surface area (Å²) in [5, 5.41) is 9.99. The van der Waals surface area contributed by atoms with Gasteiger partial charge in [0.05, 0.1) is 5.52 Å². The Hall–Kier alpha value is -1.32. The van der Waals surface area contributed by atoms with Gasteiger partial charge in [-0.3, -0.25) is 0 Å². The van der Waals surface area contributed by atoms with Crippen molar-refractivity contribution >= 4 is 10.9 Å². The second-order valence-electron chi connectivity index (χ2n) is 3.41. The van der Waals surface area contributed by atoms with Crippen molar-refractivity contribution in [2.45, 2.75) is 12.5 Å². The van der Waals surface area contributed by atoms with Gasteiger partial charge in [-0.2, -0.15) is 0 Å². The summed E-state index contributed by atoms with van der Waals surface area (Å²) in [5.41, 5.74) is 8.10. The number of aliphatic hydroxyl groups excluding tert-OH is 1. The fourth-order valence-electron chi connectivity index (χ4n) is 1.71. The fourth-order valence-corrected chi connectivity index (χ4v) is 1.71. The van der Waals surface area contributed by atoms with Gasteiger partial charge in [0.25, 0.3) is 0 Å². The maximum absolute atomic E-state index is 8.83. The topological polar surface area (TPSA) is 62.0 Å². The van der Waals surface area contributed by atoms with Crippen LogP contribution in [-0.4, -0.2) is 16.7 Å². The SMILES string of the molecule is NC(CCO)c1cccc2cc[nH]c12. The predicted octanol–water partition coefficient (Wildman–Crippen LogP) is 1.55. The van der Waals surface area contributed by atoms with Crippen molar-refractivity contribution in [3.63, 3.8) is 0 Å². The number of aliphatic hydroxyl groups is 1. The van der Waals surface area contributed by atoms with Crippen LogP contribution in [0.25, 0.3) is 10.9 Å². The van der Waals surface area contributed by atoms with Crippen LogP contribution < -0.4 is 5.73 Å². The number of rotatable bonds is 3. The number of H-pyrrole nitrogens is 1. The monoisotopic (exact) mass is 190 g/mol. The van der Waals surface area contributed by atoms with Crippen LogP contribution in [0, 0.1) is 0 Å².